The molecule has 0 radical (unpaired) electrons. The average molecular weight is 361 g/mol. The standard InChI is InChI=1S/C15H19BrClNO2/c1-11(16)12-5-7-18(8-6-12)15(19)10-20-14-4-2-3-13(17)9-14/h2-4,9,11-12H,5-8,10H2,1H3. The zero-order valence-electron chi connectivity index (χ0n) is 11.5. The summed E-state index contributed by atoms with van der Waals surface area (Å²) in [6.07, 6.45) is 2.10. The Morgan fingerprint density at radius 2 is 2.20 bits per heavy atom. The van der Waals surface area contributed by atoms with Gasteiger partial charge in [0.15, 0.2) is 6.61 Å². The first-order valence-electron chi connectivity index (χ1n) is 6.86. The van der Waals surface area contributed by atoms with Crippen molar-refractivity contribution in [3.63, 3.8) is 0 Å². The molecule has 0 aromatic heterocycles. The third kappa shape index (κ3) is 4.38. The molecule has 1 aromatic carbocycles. The Labute approximate surface area is 133 Å². The van der Waals surface area contributed by atoms with Crippen LogP contribution in [-0.4, -0.2) is 35.3 Å². The molecule has 1 aromatic rings. The Morgan fingerprint density at radius 3 is 2.80 bits per heavy atom. The first-order valence-corrected chi connectivity index (χ1v) is 8.16. The number of rotatable bonds is 4. The van der Waals surface area contributed by atoms with E-state index in [2.05, 4.69) is 22.9 Å². The van der Waals surface area contributed by atoms with Gasteiger partial charge in [0, 0.05) is 22.9 Å². The second-order valence-electron chi connectivity index (χ2n) is 5.14. The summed E-state index contributed by atoms with van der Waals surface area (Å²) in [6.45, 7) is 3.88. The number of piperidine rings is 1. The number of hydrogen-bond acceptors (Lipinski definition) is 2. The molecule has 110 valence electrons. The number of carbonyl (C=O) groups excluding carboxylic acids is 1. The molecule has 0 aliphatic carbocycles. The first-order chi connectivity index (χ1) is 9.56. The predicted molar refractivity (Wildman–Crippen MR) is 84.6 cm³/mol. The highest BCUT2D eigenvalue weighted by molar-refractivity contribution is 9.09. The zero-order valence-corrected chi connectivity index (χ0v) is 13.9. The van der Waals surface area contributed by atoms with Crippen LogP contribution in [0.15, 0.2) is 24.3 Å². The van der Waals surface area contributed by atoms with E-state index in [1.807, 2.05) is 11.0 Å². The molecule has 1 fully saturated rings. The molecule has 0 N–H and O–H groups in total. The van der Waals surface area contributed by atoms with Crippen molar-refractivity contribution in [2.45, 2.75) is 24.6 Å². The van der Waals surface area contributed by atoms with Crippen LogP contribution in [0.1, 0.15) is 19.8 Å². The number of amides is 1. The predicted octanol–water partition coefficient (Wildman–Crippen LogP) is 3.74. The van der Waals surface area contributed by atoms with Crippen LogP contribution < -0.4 is 4.74 Å². The molecular weight excluding hydrogens is 342 g/mol. The van der Waals surface area contributed by atoms with Crippen molar-refractivity contribution in [1.82, 2.24) is 4.90 Å². The Balaban J connectivity index is 1.78. The summed E-state index contributed by atoms with van der Waals surface area (Å²) in [5.74, 6) is 1.34. The van der Waals surface area contributed by atoms with E-state index in [0.29, 0.717) is 21.5 Å². The third-order valence-corrected chi connectivity index (χ3v) is 4.68. The van der Waals surface area contributed by atoms with Gasteiger partial charge >= 0.3 is 0 Å². The SMILES string of the molecule is CC(Br)C1CCN(C(=O)COc2cccc(Cl)c2)CC1. The lowest BCUT2D eigenvalue weighted by Crippen LogP contribution is -2.42. The summed E-state index contributed by atoms with van der Waals surface area (Å²) < 4.78 is 5.49. The highest BCUT2D eigenvalue weighted by Crippen LogP contribution is 2.25. The lowest BCUT2D eigenvalue weighted by Gasteiger charge is -2.33. The van der Waals surface area contributed by atoms with Crippen LogP contribution in [0.4, 0.5) is 0 Å². The Bertz CT molecular complexity index is 459. The van der Waals surface area contributed by atoms with Crippen LogP contribution in [0.3, 0.4) is 0 Å². The minimum atomic E-state index is 0.0469. The van der Waals surface area contributed by atoms with E-state index < -0.39 is 0 Å². The highest BCUT2D eigenvalue weighted by Gasteiger charge is 2.25. The Morgan fingerprint density at radius 1 is 1.50 bits per heavy atom. The number of hydrogen-bond donors (Lipinski definition) is 0. The van der Waals surface area contributed by atoms with E-state index in [-0.39, 0.29) is 12.5 Å². The molecule has 1 atom stereocenters. The largest absolute Gasteiger partial charge is 0.484 e. The molecule has 3 nitrogen and oxygen atoms in total. The molecule has 1 aliphatic rings. The summed E-state index contributed by atoms with van der Waals surface area (Å²) in [4.78, 5) is 14.5. The number of nitrogens with zero attached hydrogens (tertiary/aromatic N) is 1. The molecule has 2 rings (SSSR count). The molecule has 1 amide bonds. The van der Waals surface area contributed by atoms with Crippen LogP contribution >= 0.6 is 27.5 Å². The fraction of sp³-hybridized carbons (Fsp3) is 0.533. The van der Waals surface area contributed by atoms with Gasteiger partial charge in [-0.3, -0.25) is 4.79 Å². The van der Waals surface area contributed by atoms with Crippen LogP contribution in [0, 0.1) is 5.92 Å². The number of halogens is 2. The monoisotopic (exact) mass is 359 g/mol. The first kappa shape index (κ1) is 15.6. The number of benzene rings is 1. The normalized spacial score (nSPS) is 17.9. The topological polar surface area (TPSA) is 29.5 Å². The molecular formula is C15H19BrClNO2. The molecule has 1 aliphatic heterocycles. The summed E-state index contributed by atoms with van der Waals surface area (Å²) in [6, 6.07) is 7.11. The van der Waals surface area contributed by atoms with E-state index >= 15 is 0 Å². The number of alkyl halides is 1. The van der Waals surface area contributed by atoms with Gasteiger partial charge in [-0.25, -0.2) is 0 Å². The van der Waals surface area contributed by atoms with Gasteiger partial charge in [0.05, 0.1) is 0 Å². The third-order valence-electron chi connectivity index (χ3n) is 3.70. The van der Waals surface area contributed by atoms with Crippen molar-refractivity contribution in [2.75, 3.05) is 19.7 Å². The van der Waals surface area contributed by atoms with Gasteiger partial charge in [0.2, 0.25) is 0 Å². The summed E-state index contributed by atoms with van der Waals surface area (Å²) >= 11 is 9.50. The molecule has 0 spiro atoms. The zero-order chi connectivity index (χ0) is 14.5. The lowest BCUT2D eigenvalue weighted by atomic mass is 9.94. The van der Waals surface area contributed by atoms with Crippen molar-refractivity contribution in [3.05, 3.63) is 29.3 Å². The Kier molecular flexibility index (Phi) is 5.73. The molecule has 20 heavy (non-hydrogen) atoms. The van der Waals surface area contributed by atoms with Crippen LogP contribution in [-0.2, 0) is 4.79 Å². The number of ether oxygens (including phenoxy) is 1. The smallest absolute Gasteiger partial charge is 0.260 e. The minimum absolute atomic E-state index is 0.0469. The summed E-state index contributed by atoms with van der Waals surface area (Å²) in [5.41, 5.74) is 0. The van der Waals surface area contributed by atoms with Crippen LogP contribution in [0.2, 0.25) is 5.02 Å². The second kappa shape index (κ2) is 7.32. The van der Waals surface area contributed by atoms with E-state index in [1.54, 1.807) is 18.2 Å². The van der Waals surface area contributed by atoms with Gasteiger partial charge < -0.3 is 9.64 Å². The van der Waals surface area contributed by atoms with E-state index in [1.165, 1.54) is 0 Å². The molecule has 0 saturated carbocycles. The van der Waals surface area contributed by atoms with Crippen molar-refractivity contribution in [2.24, 2.45) is 5.92 Å². The number of carbonyl (C=O) groups is 1. The average Bonchev–Trinajstić information content (AvgIpc) is 2.45. The van der Waals surface area contributed by atoms with Crippen molar-refractivity contribution < 1.29 is 9.53 Å². The van der Waals surface area contributed by atoms with E-state index in [4.69, 9.17) is 16.3 Å². The molecule has 1 heterocycles. The van der Waals surface area contributed by atoms with Crippen molar-refractivity contribution in [3.8, 4) is 5.75 Å². The van der Waals surface area contributed by atoms with Gasteiger partial charge in [-0.2, -0.15) is 0 Å². The van der Waals surface area contributed by atoms with Gasteiger partial charge in [-0.1, -0.05) is 40.5 Å². The van der Waals surface area contributed by atoms with Gasteiger partial charge in [0.1, 0.15) is 5.75 Å². The molecule has 1 saturated heterocycles. The maximum absolute atomic E-state index is 12.1. The molecule has 1 unspecified atom stereocenters. The van der Waals surface area contributed by atoms with Crippen LogP contribution in [0.5, 0.6) is 5.75 Å². The maximum Gasteiger partial charge on any atom is 0.260 e. The fourth-order valence-corrected chi connectivity index (χ4v) is 3.11. The minimum Gasteiger partial charge on any atom is -0.484 e. The van der Waals surface area contributed by atoms with Gasteiger partial charge in [-0.15, -0.1) is 0 Å². The quantitative estimate of drug-likeness (QED) is 0.766. The molecule has 5 heteroatoms. The van der Waals surface area contributed by atoms with Gasteiger partial charge in [0.25, 0.3) is 5.91 Å². The molecule has 0 bridgehead atoms. The number of likely N-dealkylation sites (tertiary alicyclic amines) is 1. The van der Waals surface area contributed by atoms with E-state index in [0.717, 1.165) is 25.9 Å². The van der Waals surface area contributed by atoms with Crippen molar-refractivity contribution >= 4 is 33.4 Å². The van der Waals surface area contributed by atoms with E-state index in [9.17, 15) is 4.79 Å². The Hall–Kier alpha value is -0.740. The lowest BCUT2D eigenvalue weighted by molar-refractivity contribution is -0.134. The fourth-order valence-electron chi connectivity index (χ4n) is 2.40. The summed E-state index contributed by atoms with van der Waals surface area (Å²) in [7, 11) is 0. The summed E-state index contributed by atoms with van der Waals surface area (Å²) in [5, 5.41) is 0.613. The second-order valence-corrected chi connectivity index (χ2v) is 7.02. The van der Waals surface area contributed by atoms with Gasteiger partial charge in [-0.05, 0) is 37.0 Å². The highest BCUT2D eigenvalue weighted by atomic mass is 79.9. The van der Waals surface area contributed by atoms with Crippen LogP contribution in [0.25, 0.3) is 0 Å². The maximum atomic E-state index is 12.1. The van der Waals surface area contributed by atoms with Crippen molar-refractivity contribution in [1.29, 1.82) is 0 Å².